The fourth-order valence-corrected chi connectivity index (χ4v) is 0.886. The number of ether oxygens (including phenoxy) is 1. The third-order valence-corrected chi connectivity index (χ3v) is 1.69. The Labute approximate surface area is 90.8 Å². The predicted molar refractivity (Wildman–Crippen MR) is 60.4 cm³/mol. The van der Waals surface area contributed by atoms with E-state index in [2.05, 4.69) is 4.74 Å². The summed E-state index contributed by atoms with van der Waals surface area (Å²) in [4.78, 5) is 10.8. The van der Waals surface area contributed by atoms with Gasteiger partial charge in [0.1, 0.15) is 0 Å². The van der Waals surface area contributed by atoms with Crippen molar-refractivity contribution in [1.29, 1.82) is 0 Å². The Kier molecular flexibility index (Phi) is 8.39. The van der Waals surface area contributed by atoms with Gasteiger partial charge in [-0.3, -0.25) is 4.79 Å². The lowest BCUT2D eigenvalue weighted by molar-refractivity contribution is -0.142. The Balaban J connectivity index is 3.75. The van der Waals surface area contributed by atoms with Gasteiger partial charge in [0.15, 0.2) is 0 Å². The van der Waals surface area contributed by atoms with Crippen molar-refractivity contribution >= 4 is 5.97 Å². The zero-order chi connectivity index (χ0) is 11.5. The Morgan fingerprint density at radius 1 is 1.40 bits per heavy atom. The third-order valence-electron chi connectivity index (χ3n) is 1.69. The first-order chi connectivity index (χ1) is 7.20. The van der Waals surface area contributed by atoms with Crippen LogP contribution >= 0.6 is 0 Å². The quantitative estimate of drug-likeness (QED) is 0.414. The maximum absolute atomic E-state index is 10.8. The average Bonchev–Trinajstić information content (AvgIpc) is 2.23. The summed E-state index contributed by atoms with van der Waals surface area (Å²) in [5.41, 5.74) is 0. The molecule has 0 aliphatic heterocycles. The van der Waals surface area contributed by atoms with Crippen LogP contribution in [0.2, 0.25) is 0 Å². The van der Waals surface area contributed by atoms with Crippen LogP contribution in [0.15, 0.2) is 36.5 Å². The predicted octanol–water partition coefficient (Wildman–Crippen LogP) is 1.99. The molecule has 84 valence electrons. The Morgan fingerprint density at radius 3 is 2.73 bits per heavy atom. The number of rotatable bonds is 6. The molecule has 0 aromatic heterocycles. The molecule has 0 saturated heterocycles. The molecule has 1 atom stereocenters. The number of aliphatic hydroxyl groups is 1. The topological polar surface area (TPSA) is 46.5 Å². The van der Waals surface area contributed by atoms with Crippen LogP contribution in [0.5, 0.6) is 0 Å². The highest BCUT2D eigenvalue weighted by Gasteiger charge is 2.06. The minimum atomic E-state index is -0.774. The molecule has 0 rings (SSSR count). The van der Waals surface area contributed by atoms with Crippen molar-refractivity contribution in [2.45, 2.75) is 25.9 Å². The minimum absolute atomic E-state index is 0.00426. The molecule has 0 saturated carbocycles. The molecular weight excluding hydrogens is 192 g/mol. The molecule has 0 aliphatic carbocycles. The molecule has 0 radical (unpaired) electrons. The summed E-state index contributed by atoms with van der Waals surface area (Å²) >= 11 is 0. The van der Waals surface area contributed by atoms with Gasteiger partial charge < -0.3 is 9.84 Å². The van der Waals surface area contributed by atoms with Gasteiger partial charge in [0.2, 0.25) is 0 Å². The smallest absolute Gasteiger partial charge is 0.308 e. The van der Waals surface area contributed by atoms with E-state index in [1.165, 1.54) is 7.11 Å². The highest BCUT2D eigenvalue weighted by Crippen LogP contribution is 1.96. The van der Waals surface area contributed by atoms with E-state index in [0.717, 1.165) is 6.42 Å². The SMILES string of the molecule is CC=CCC=CC=CC(O)CC(=O)OC. The van der Waals surface area contributed by atoms with Gasteiger partial charge in [0.05, 0.1) is 19.6 Å². The van der Waals surface area contributed by atoms with E-state index < -0.39 is 12.1 Å². The number of esters is 1. The van der Waals surface area contributed by atoms with Crippen molar-refractivity contribution in [2.24, 2.45) is 0 Å². The molecular formula is C12H18O3. The highest BCUT2D eigenvalue weighted by atomic mass is 16.5. The Bertz CT molecular complexity index is 252. The normalized spacial score (nSPS) is 14.1. The fraction of sp³-hybridized carbons (Fsp3) is 0.417. The molecule has 3 nitrogen and oxygen atoms in total. The van der Waals surface area contributed by atoms with Crippen molar-refractivity contribution in [3.8, 4) is 0 Å². The monoisotopic (exact) mass is 210 g/mol. The third kappa shape index (κ3) is 8.97. The zero-order valence-electron chi connectivity index (χ0n) is 9.22. The molecule has 0 spiro atoms. The molecule has 0 aromatic rings. The van der Waals surface area contributed by atoms with Crippen molar-refractivity contribution in [2.75, 3.05) is 7.11 Å². The van der Waals surface area contributed by atoms with E-state index in [9.17, 15) is 9.90 Å². The molecule has 0 bridgehead atoms. The van der Waals surface area contributed by atoms with Crippen molar-refractivity contribution in [1.82, 2.24) is 0 Å². The van der Waals surface area contributed by atoms with Crippen LogP contribution in [0.4, 0.5) is 0 Å². The molecule has 0 aromatic carbocycles. The molecule has 0 fully saturated rings. The number of carbonyl (C=O) groups is 1. The van der Waals surface area contributed by atoms with E-state index in [1.54, 1.807) is 12.2 Å². The first-order valence-electron chi connectivity index (χ1n) is 4.90. The number of allylic oxidation sites excluding steroid dienone is 5. The summed E-state index contributed by atoms with van der Waals surface area (Å²) in [6.07, 6.45) is 11.2. The average molecular weight is 210 g/mol. The molecule has 0 amide bonds. The van der Waals surface area contributed by atoms with Gasteiger partial charge in [-0.15, -0.1) is 0 Å². The van der Waals surface area contributed by atoms with Crippen molar-refractivity contribution < 1.29 is 14.6 Å². The molecule has 0 heterocycles. The number of methoxy groups -OCH3 is 1. The van der Waals surface area contributed by atoms with Crippen LogP contribution in [-0.4, -0.2) is 24.3 Å². The largest absolute Gasteiger partial charge is 0.469 e. The van der Waals surface area contributed by atoms with Gasteiger partial charge in [-0.25, -0.2) is 0 Å². The van der Waals surface area contributed by atoms with Crippen LogP contribution in [0.3, 0.4) is 0 Å². The maximum Gasteiger partial charge on any atom is 0.308 e. The van der Waals surface area contributed by atoms with Crippen LogP contribution in [0.1, 0.15) is 19.8 Å². The Morgan fingerprint density at radius 2 is 2.13 bits per heavy atom. The van der Waals surface area contributed by atoms with Gasteiger partial charge in [-0.1, -0.05) is 36.5 Å². The molecule has 1 unspecified atom stereocenters. The highest BCUT2D eigenvalue weighted by molar-refractivity contribution is 5.70. The standard InChI is InChI=1S/C12H18O3/c1-3-4-5-6-7-8-9-11(13)10-12(14)15-2/h3-4,6-9,11,13H,5,10H2,1-2H3. The van der Waals surface area contributed by atoms with Crippen LogP contribution in [0, 0.1) is 0 Å². The first-order valence-corrected chi connectivity index (χ1v) is 4.90. The lowest BCUT2D eigenvalue weighted by Gasteiger charge is -2.01. The molecule has 15 heavy (non-hydrogen) atoms. The van der Waals surface area contributed by atoms with Crippen molar-refractivity contribution in [3.05, 3.63) is 36.5 Å². The lowest BCUT2D eigenvalue weighted by atomic mass is 10.2. The summed E-state index contributed by atoms with van der Waals surface area (Å²) in [7, 11) is 1.30. The van der Waals surface area contributed by atoms with Crippen molar-refractivity contribution in [3.63, 3.8) is 0 Å². The fourth-order valence-electron chi connectivity index (χ4n) is 0.886. The van der Waals surface area contributed by atoms with E-state index in [4.69, 9.17) is 0 Å². The van der Waals surface area contributed by atoms with Gasteiger partial charge in [0, 0.05) is 0 Å². The van der Waals surface area contributed by atoms with Gasteiger partial charge in [0.25, 0.3) is 0 Å². The summed E-state index contributed by atoms with van der Waals surface area (Å²) in [6.45, 7) is 1.96. The second-order valence-electron chi connectivity index (χ2n) is 2.97. The summed E-state index contributed by atoms with van der Waals surface area (Å²) in [5.74, 6) is -0.412. The van der Waals surface area contributed by atoms with Crippen LogP contribution in [-0.2, 0) is 9.53 Å². The van der Waals surface area contributed by atoms with E-state index in [1.807, 2.05) is 31.2 Å². The zero-order valence-corrected chi connectivity index (χ0v) is 9.22. The summed E-state index contributed by atoms with van der Waals surface area (Å²) in [6, 6.07) is 0. The number of hydrogen-bond acceptors (Lipinski definition) is 3. The molecule has 1 N–H and O–H groups in total. The van der Waals surface area contributed by atoms with Gasteiger partial charge >= 0.3 is 5.97 Å². The Hall–Kier alpha value is -1.35. The van der Waals surface area contributed by atoms with Gasteiger partial charge in [-0.2, -0.15) is 0 Å². The second-order valence-corrected chi connectivity index (χ2v) is 2.97. The lowest BCUT2D eigenvalue weighted by Crippen LogP contribution is -2.11. The summed E-state index contributed by atoms with van der Waals surface area (Å²) in [5, 5.41) is 9.32. The van der Waals surface area contributed by atoms with E-state index >= 15 is 0 Å². The molecule has 0 aliphatic rings. The second kappa shape index (κ2) is 9.21. The maximum atomic E-state index is 10.8. The minimum Gasteiger partial charge on any atom is -0.469 e. The number of carbonyl (C=O) groups excluding carboxylic acids is 1. The number of hydrogen-bond donors (Lipinski definition) is 1. The van der Waals surface area contributed by atoms with Crippen LogP contribution in [0.25, 0.3) is 0 Å². The van der Waals surface area contributed by atoms with Crippen LogP contribution < -0.4 is 0 Å². The van der Waals surface area contributed by atoms with E-state index in [-0.39, 0.29) is 6.42 Å². The summed E-state index contributed by atoms with van der Waals surface area (Å²) < 4.78 is 4.42. The number of aliphatic hydroxyl groups excluding tert-OH is 1. The first kappa shape index (κ1) is 13.7. The molecule has 3 heteroatoms. The van der Waals surface area contributed by atoms with E-state index in [0.29, 0.717) is 0 Å². The van der Waals surface area contributed by atoms with Gasteiger partial charge in [-0.05, 0) is 13.3 Å².